The maximum Gasteiger partial charge on any atom is 0.216 e. The Kier molecular flexibility index (Phi) is 19.8. The Morgan fingerprint density at radius 2 is 0.750 bits per heavy atom. The fraction of sp³-hybridized carbons (Fsp3) is 0.727. The van der Waals surface area contributed by atoms with Gasteiger partial charge in [0.1, 0.15) is 0 Å². The molecule has 0 fully saturated rings. The van der Waals surface area contributed by atoms with Crippen LogP contribution in [0.3, 0.4) is 0 Å². The predicted molar refractivity (Wildman–Crippen MR) is 269 cm³/mol. The van der Waals surface area contributed by atoms with E-state index >= 15 is 0 Å². The minimum Gasteiger partial charge on any atom is -0.427 e. The summed E-state index contributed by atoms with van der Waals surface area (Å²) in [5, 5.41) is -0.0121. The molecule has 6 unspecified atom stereocenters. The minimum atomic E-state index is -2.57. The Hall–Kier alpha value is 0.548. The molecule has 0 saturated heterocycles. The van der Waals surface area contributed by atoms with Crippen molar-refractivity contribution in [2.75, 3.05) is 28.4 Å². The largest absolute Gasteiger partial charge is 0.427 e. The molecule has 56 heavy (non-hydrogen) atoms. The Bertz CT molecular complexity index is 1310. The van der Waals surface area contributed by atoms with Gasteiger partial charge in [-0.05, 0) is 85.7 Å². The van der Waals surface area contributed by atoms with Crippen molar-refractivity contribution in [1.82, 2.24) is 0 Å². The maximum atomic E-state index is 7.14. The molecule has 2 rings (SSSR count). The molecule has 4 nitrogen and oxygen atoms in total. The van der Waals surface area contributed by atoms with Crippen LogP contribution in [0.2, 0.25) is 32.2 Å². The van der Waals surface area contributed by atoms with E-state index in [4.69, 9.17) is 17.7 Å². The van der Waals surface area contributed by atoms with Gasteiger partial charge in [-0.25, -0.2) is 0 Å². The molecule has 0 aliphatic rings. The summed E-state index contributed by atoms with van der Waals surface area (Å²) in [5.41, 5.74) is 2.72. The van der Waals surface area contributed by atoms with Gasteiger partial charge in [0.2, 0.25) is 16.6 Å². The van der Waals surface area contributed by atoms with Crippen molar-refractivity contribution < 1.29 is 17.7 Å². The monoisotopic (exact) mass is 914 g/mol. The van der Waals surface area contributed by atoms with Gasteiger partial charge in [-0.15, -0.1) is 0 Å². The van der Waals surface area contributed by atoms with Crippen molar-refractivity contribution in [3.63, 3.8) is 0 Å². The Labute approximate surface area is 368 Å². The van der Waals surface area contributed by atoms with E-state index in [1.54, 1.807) is 0 Å². The third kappa shape index (κ3) is 10.9. The molecule has 0 amide bonds. The zero-order chi connectivity index (χ0) is 43.0. The molecule has 0 aliphatic heterocycles. The second-order valence-electron chi connectivity index (χ2n) is 20.7. The summed E-state index contributed by atoms with van der Waals surface area (Å²) in [5.74, 6) is 0.680. The van der Waals surface area contributed by atoms with Gasteiger partial charge in [0.15, 0.2) is 19.5 Å². The highest BCUT2D eigenvalue weighted by Crippen LogP contribution is 2.66. The van der Waals surface area contributed by atoms with Gasteiger partial charge in [-0.2, -0.15) is 0 Å². The van der Waals surface area contributed by atoms with Crippen molar-refractivity contribution in [3.8, 4) is 0 Å². The second-order valence-corrected chi connectivity index (χ2v) is 41.6. The second kappa shape index (κ2) is 21.1. The van der Waals surface area contributed by atoms with Crippen LogP contribution in [0.15, 0.2) is 60.7 Å². The van der Waals surface area contributed by atoms with E-state index in [9.17, 15) is 0 Å². The first-order chi connectivity index (χ1) is 25.7. The molecule has 0 saturated carbocycles. The molecule has 0 spiro atoms. The fourth-order valence-electron chi connectivity index (χ4n) is 10.7. The molecule has 322 valence electrons. The van der Waals surface area contributed by atoms with Gasteiger partial charge < -0.3 is 17.7 Å². The Balaban J connectivity index is 2.82. The minimum absolute atomic E-state index is 0.00303. The molecule has 6 atom stereocenters. The first-order valence-electron chi connectivity index (χ1n) is 20.6. The molecule has 0 aromatic heterocycles. The van der Waals surface area contributed by atoms with Gasteiger partial charge >= 0.3 is 0 Å². The first-order valence-corrected chi connectivity index (χ1v) is 32.7. The van der Waals surface area contributed by atoms with Gasteiger partial charge in [0.05, 0.1) is 0 Å². The highest BCUT2D eigenvalue weighted by atomic mass is 33.7. The van der Waals surface area contributed by atoms with E-state index in [2.05, 4.69) is 193 Å². The van der Waals surface area contributed by atoms with Gasteiger partial charge in [0, 0.05) is 38.2 Å². The van der Waals surface area contributed by atoms with Crippen LogP contribution in [0.5, 0.6) is 0 Å². The fourth-order valence-corrected chi connectivity index (χ4v) is 43.6. The van der Waals surface area contributed by atoms with E-state index in [-0.39, 0.29) is 31.0 Å². The predicted octanol–water partition coefficient (Wildman–Crippen LogP) is 13.3. The summed E-state index contributed by atoms with van der Waals surface area (Å²) in [4.78, 5) is 0.601. The number of hydrogen-bond acceptors (Lipinski definition) is 8. The molecular formula is C44H82O4S4Si4. The van der Waals surface area contributed by atoms with Gasteiger partial charge in [-0.1, -0.05) is 193 Å². The van der Waals surface area contributed by atoms with Crippen molar-refractivity contribution >= 4 is 77.4 Å². The SMILES string of the molecule is CO[SiH2]CC(C)(c1ccccc1)C(C)C(SSSSC(C(C)C(C)(C[SiH2]OC)c1ccccc1)[Si](OC)(C(C)(C)C)C(C)(C)C)[Si](OC)(C(C)(C)C)C(C)(C)C. The third-order valence-electron chi connectivity index (χ3n) is 13.7. The van der Waals surface area contributed by atoms with Crippen molar-refractivity contribution in [2.45, 2.75) is 164 Å². The molecule has 2 aromatic rings. The smallest absolute Gasteiger partial charge is 0.216 e. The molecule has 12 heteroatoms. The lowest BCUT2D eigenvalue weighted by Gasteiger charge is -2.57. The zero-order valence-corrected chi connectivity index (χ0v) is 47.3. The van der Waals surface area contributed by atoms with E-state index in [1.165, 1.54) is 11.1 Å². The molecule has 0 bridgehead atoms. The number of benzene rings is 2. The van der Waals surface area contributed by atoms with Crippen LogP contribution in [0.25, 0.3) is 0 Å². The normalized spacial score (nSPS) is 18.6. The lowest BCUT2D eigenvalue weighted by Crippen LogP contribution is -2.65. The molecule has 0 radical (unpaired) electrons. The van der Waals surface area contributed by atoms with Crippen LogP contribution in [0.1, 0.15) is 122 Å². The summed E-state index contributed by atoms with van der Waals surface area (Å²) in [6, 6.07) is 24.7. The van der Waals surface area contributed by atoms with E-state index in [0.29, 0.717) is 21.6 Å². The van der Waals surface area contributed by atoms with Crippen LogP contribution < -0.4 is 0 Å². The standard InChI is InChI=1S/C44H82O4S4Si4/c1-33(43(15,31-53-45-17)35-27-23-21-24-28-35)37(55(47-19,39(3,4)5)40(6,7)8)49-51-52-50-38(56(48-20,41(9,10)11)42(12,13)14)34(2)44(16,32-54-46-18)36-29-25-22-26-30-36/h21-30,33-34,37-38H,31-32,53-54H2,1-20H3. The topological polar surface area (TPSA) is 36.9 Å². The molecule has 0 aliphatic carbocycles. The Morgan fingerprint density at radius 1 is 0.482 bits per heavy atom. The number of rotatable bonds is 21. The maximum absolute atomic E-state index is 7.14. The molecule has 0 N–H and O–H groups in total. The molecule has 0 heterocycles. The summed E-state index contributed by atoms with van der Waals surface area (Å²) in [6.07, 6.45) is 0. The quantitative estimate of drug-likeness (QED) is 0.0697. The highest BCUT2D eigenvalue weighted by molar-refractivity contribution is 9.26. The molecule has 2 aromatic carbocycles. The lowest BCUT2D eigenvalue weighted by molar-refractivity contribution is 0.280. The van der Waals surface area contributed by atoms with Gasteiger partial charge in [-0.3, -0.25) is 0 Å². The highest BCUT2D eigenvalue weighted by Gasteiger charge is 2.64. The van der Waals surface area contributed by atoms with E-state index in [1.807, 2.05) is 48.1 Å². The van der Waals surface area contributed by atoms with Crippen molar-refractivity contribution in [3.05, 3.63) is 71.8 Å². The van der Waals surface area contributed by atoms with Crippen LogP contribution in [0, 0.1) is 11.8 Å². The van der Waals surface area contributed by atoms with Crippen LogP contribution in [-0.2, 0) is 28.5 Å². The Morgan fingerprint density at radius 3 is 0.964 bits per heavy atom. The number of hydrogen-bond donors (Lipinski definition) is 0. The lowest BCUT2D eigenvalue weighted by atomic mass is 9.74. The average molecular weight is 916 g/mol. The third-order valence-corrected chi connectivity index (χ3v) is 40.2. The van der Waals surface area contributed by atoms with Crippen molar-refractivity contribution in [1.29, 1.82) is 0 Å². The summed E-state index contributed by atoms with van der Waals surface area (Å²) < 4.78 is 26.2. The zero-order valence-electron chi connectivity index (χ0n) is 39.2. The summed E-state index contributed by atoms with van der Waals surface area (Å²) in [7, 11) is 9.48. The summed E-state index contributed by atoms with van der Waals surface area (Å²) in [6.45, 7) is 39.4. The van der Waals surface area contributed by atoms with E-state index in [0.717, 1.165) is 12.1 Å². The van der Waals surface area contributed by atoms with Crippen molar-refractivity contribution in [2.24, 2.45) is 11.8 Å². The first kappa shape index (κ1) is 52.7. The van der Waals surface area contributed by atoms with Crippen LogP contribution in [-0.4, -0.2) is 74.3 Å². The average Bonchev–Trinajstić information content (AvgIpc) is 3.11. The van der Waals surface area contributed by atoms with Crippen LogP contribution in [0.4, 0.5) is 0 Å². The van der Waals surface area contributed by atoms with Gasteiger partial charge in [0.25, 0.3) is 0 Å². The van der Waals surface area contributed by atoms with Crippen LogP contribution >= 0.6 is 41.2 Å². The van der Waals surface area contributed by atoms with E-state index < -0.39 is 36.2 Å². The molecular weight excluding hydrogens is 833 g/mol. The summed E-state index contributed by atoms with van der Waals surface area (Å²) >= 11 is 0.